The van der Waals surface area contributed by atoms with E-state index in [0.29, 0.717) is 30.7 Å². The molecule has 9 heteroatoms. The van der Waals surface area contributed by atoms with Crippen molar-refractivity contribution in [1.29, 1.82) is 0 Å². The van der Waals surface area contributed by atoms with Crippen molar-refractivity contribution < 1.29 is 13.9 Å². The van der Waals surface area contributed by atoms with Crippen LogP contribution in [0, 0.1) is 5.82 Å². The molecule has 4 aromatic heterocycles. The minimum Gasteiger partial charge on any atom is -0.479 e. The molecule has 0 unspecified atom stereocenters. The van der Waals surface area contributed by atoms with Crippen molar-refractivity contribution in [3.8, 4) is 17.6 Å². The second kappa shape index (κ2) is 7.67. The molecule has 0 aliphatic carbocycles. The SMILES string of the molecule is CCOc1nc2ncc(-n3ccc4ncnc(OC)c43)cc2n1Cc1cccc(F)c1. The van der Waals surface area contributed by atoms with E-state index < -0.39 is 0 Å². The van der Waals surface area contributed by atoms with Gasteiger partial charge in [-0.15, -0.1) is 0 Å². The highest BCUT2D eigenvalue weighted by molar-refractivity contribution is 5.83. The molecule has 0 radical (unpaired) electrons. The molecule has 1 aromatic carbocycles. The number of benzene rings is 1. The first-order valence-electron chi connectivity index (χ1n) is 9.78. The third-order valence-corrected chi connectivity index (χ3v) is 4.97. The number of methoxy groups -OCH3 is 1. The number of pyridine rings is 1. The molecular formula is C22H19FN6O2. The number of nitrogens with zero attached hydrogens (tertiary/aromatic N) is 6. The summed E-state index contributed by atoms with van der Waals surface area (Å²) in [5, 5.41) is 0. The van der Waals surface area contributed by atoms with Crippen LogP contribution in [-0.4, -0.2) is 42.8 Å². The summed E-state index contributed by atoms with van der Waals surface area (Å²) >= 11 is 0. The Morgan fingerprint density at radius 1 is 1.10 bits per heavy atom. The van der Waals surface area contributed by atoms with E-state index in [9.17, 15) is 4.39 Å². The van der Waals surface area contributed by atoms with Crippen LogP contribution in [0.2, 0.25) is 0 Å². The van der Waals surface area contributed by atoms with Gasteiger partial charge in [0.25, 0.3) is 6.01 Å². The first-order chi connectivity index (χ1) is 15.2. The number of rotatable bonds is 6. The van der Waals surface area contributed by atoms with Crippen LogP contribution in [0.4, 0.5) is 4.39 Å². The zero-order chi connectivity index (χ0) is 21.4. The van der Waals surface area contributed by atoms with Gasteiger partial charge < -0.3 is 14.0 Å². The summed E-state index contributed by atoms with van der Waals surface area (Å²) in [7, 11) is 1.57. The van der Waals surface area contributed by atoms with Crippen LogP contribution in [0.5, 0.6) is 11.9 Å². The maximum Gasteiger partial charge on any atom is 0.299 e. The highest BCUT2D eigenvalue weighted by Gasteiger charge is 2.17. The molecule has 8 nitrogen and oxygen atoms in total. The fraction of sp³-hybridized carbons (Fsp3) is 0.182. The van der Waals surface area contributed by atoms with Crippen LogP contribution in [-0.2, 0) is 6.54 Å². The van der Waals surface area contributed by atoms with E-state index in [4.69, 9.17) is 9.47 Å². The maximum atomic E-state index is 13.7. The van der Waals surface area contributed by atoms with Gasteiger partial charge in [-0.05, 0) is 36.8 Å². The second-order valence-electron chi connectivity index (χ2n) is 6.88. The average molecular weight is 418 g/mol. The summed E-state index contributed by atoms with van der Waals surface area (Å²) in [6, 6.07) is 10.8. The smallest absolute Gasteiger partial charge is 0.299 e. The van der Waals surface area contributed by atoms with E-state index in [0.717, 1.165) is 27.8 Å². The van der Waals surface area contributed by atoms with Crippen molar-refractivity contribution in [2.45, 2.75) is 13.5 Å². The Morgan fingerprint density at radius 2 is 2.00 bits per heavy atom. The predicted molar refractivity (Wildman–Crippen MR) is 113 cm³/mol. The lowest BCUT2D eigenvalue weighted by Crippen LogP contribution is -2.05. The van der Waals surface area contributed by atoms with E-state index in [2.05, 4.69) is 19.9 Å². The Balaban J connectivity index is 1.67. The molecule has 0 spiro atoms. The first-order valence-corrected chi connectivity index (χ1v) is 9.78. The molecule has 5 aromatic rings. The summed E-state index contributed by atoms with van der Waals surface area (Å²) in [4.78, 5) is 17.6. The number of imidazole rings is 1. The third-order valence-electron chi connectivity index (χ3n) is 4.97. The maximum absolute atomic E-state index is 13.7. The third kappa shape index (κ3) is 3.33. The number of ether oxygens (including phenoxy) is 2. The van der Waals surface area contributed by atoms with Gasteiger partial charge in [-0.25, -0.2) is 14.4 Å². The van der Waals surface area contributed by atoms with Gasteiger partial charge in [0.15, 0.2) is 5.65 Å². The van der Waals surface area contributed by atoms with Crippen LogP contribution in [0.3, 0.4) is 0 Å². The summed E-state index contributed by atoms with van der Waals surface area (Å²) < 4.78 is 28.7. The molecule has 0 atom stereocenters. The molecule has 156 valence electrons. The topological polar surface area (TPSA) is 79.9 Å². The molecule has 0 N–H and O–H groups in total. The van der Waals surface area contributed by atoms with Gasteiger partial charge in [0, 0.05) is 6.20 Å². The average Bonchev–Trinajstić information content (AvgIpc) is 3.35. The van der Waals surface area contributed by atoms with Gasteiger partial charge in [0.05, 0.1) is 43.2 Å². The molecule has 0 saturated carbocycles. The lowest BCUT2D eigenvalue weighted by molar-refractivity contribution is 0.301. The fourth-order valence-electron chi connectivity index (χ4n) is 3.62. The molecule has 0 saturated heterocycles. The van der Waals surface area contributed by atoms with Gasteiger partial charge in [-0.1, -0.05) is 12.1 Å². The summed E-state index contributed by atoms with van der Waals surface area (Å²) in [5.74, 6) is 0.183. The van der Waals surface area contributed by atoms with Gasteiger partial charge in [0.1, 0.15) is 17.7 Å². The Morgan fingerprint density at radius 3 is 2.81 bits per heavy atom. The van der Waals surface area contributed by atoms with Crippen LogP contribution >= 0.6 is 0 Å². The van der Waals surface area contributed by atoms with Crippen molar-refractivity contribution in [3.05, 3.63) is 66.5 Å². The highest BCUT2D eigenvalue weighted by atomic mass is 19.1. The number of fused-ring (bicyclic) bond motifs is 2. The zero-order valence-electron chi connectivity index (χ0n) is 17.0. The van der Waals surface area contributed by atoms with Crippen LogP contribution in [0.1, 0.15) is 12.5 Å². The molecule has 0 aliphatic rings. The van der Waals surface area contributed by atoms with E-state index in [1.54, 1.807) is 19.4 Å². The van der Waals surface area contributed by atoms with Crippen LogP contribution in [0.15, 0.2) is 55.1 Å². The van der Waals surface area contributed by atoms with E-state index in [-0.39, 0.29) is 5.82 Å². The summed E-state index contributed by atoms with van der Waals surface area (Å²) in [6.45, 7) is 2.74. The highest BCUT2D eigenvalue weighted by Crippen LogP contribution is 2.28. The van der Waals surface area contributed by atoms with E-state index >= 15 is 0 Å². The Bertz CT molecular complexity index is 1390. The normalized spacial score (nSPS) is 11.3. The molecule has 0 bridgehead atoms. The quantitative estimate of drug-likeness (QED) is 0.418. The molecule has 0 aliphatic heterocycles. The van der Waals surface area contributed by atoms with Gasteiger partial charge >= 0.3 is 0 Å². The number of hydrogen-bond donors (Lipinski definition) is 0. The fourth-order valence-corrected chi connectivity index (χ4v) is 3.62. The molecule has 0 amide bonds. The Hall–Kier alpha value is -4.01. The van der Waals surface area contributed by atoms with Gasteiger partial charge in [0.2, 0.25) is 5.88 Å². The van der Waals surface area contributed by atoms with Crippen molar-refractivity contribution in [3.63, 3.8) is 0 Å². The minimum atomic E-state index is -0.287. The van der Waals surface area contributed by atoms with Crippen molar-refractivity contribution in [2.75, 3.05) is 13.7 Å². The van der Waals surface area contributed by atoms with Crippen LogP contribution in [0.25, 0.3) is 27.9 Å². The largest absolute Gasteiger partial charge is 0.479 e. The number of halogens is 1. The lowest BCUT2D eigenvalue weighted by atomic mass is 10.2. The van der Waals surface area contributed by atoms with E-state index in [1.165, 1.54) is 18.5 Å². The monoisotopic (exact) mass is 418 g/mol. The van der Waals surface area contributed by atoms with Crippen molar-refractivity contribution >= 4 is 22.2 Å². The van der Waals surface area contributed by atoms with Gasteiger partial charge in [-0.3, -0.25) is 4.57 Å². The second-order valence-corrected chi connectivity index (χ2v) is 6.88. The molecule has 5 rings (SSSR count). The Labute approximate surface area is 176 Å². The van der Waals surface area contributed by atoms with Crippen LogP contribution < -0.4 is 9.47 Å². The number of aromatic nitrogens is 6. The van der Waals surface area contributed by atoms with Crippen molar-refractivity contribution in [2.24, 2.45) is 0 Å². The van der Waals surface area contributed by atoms with Crippen molar-refractivity contribution in [1.82, 2.24) is 29.1 Å². The molecular weight excluding hydrogens is 399 g/mol. The Kier molecular flexibility index (Phi) is 4.70. The lowest BCUT2D eigenvalue weighted by Gasteiger charge is -2.11. The predicted octanol–water partition coefficient (Wildman–Crippen LogP) is 3.76. The van der Waals surface area contributed by atoms with E-state index in [1.807, 2.05) is 40.5 Å². The summed E-state index contributed by atoms with van der Waals surface area (Å²) in [5.41, 5.74) is 4.40. The molecule has 0 fully saturated rings. The zero-order valence-corrected chi connectivity index (χ0v) is 17.0. The molecule has 4 heterocycles. The summed E-state index contributed by atoms with van der Waals surface area (Å²) in [6.07, 6.45) is 5.08. The molecule has 31 heavy (non-hydrogen) atoms. The first kappa shape index (κ1) is 19.0. The standard InChI is InChI=1S/C22H19FN6O2/c1-3-31-22-27-20-18(29(22)12-14-5-4-6-15(23)9-14)10-16(11-24-20)28-8-7-17-19(28)21(30-2)26-13-25-17/h4-11,13H,3,12H2,1-2H3. The minimum absolute atomic E-state index is 0.287. The number of hydrogen-bond acceptors (Lipinski definition) is 6. The van der Waals surface area contributed by atoms with Gasteiger partial charge in [-0.2, -0.15) is 9.97 Å².